The maximum absolute atomic E-state index is 14.5. The topological polar surface area (TPSA) is 108 Å². The number of amides is 1. The van der Waals surface area contributed by atoms with E-state index < -0.39 is 12.1 Å². The highest BCUT2D eigenvalue weighted by atomic mass is 19.4. The Kier molecular flexibility index (Phi) is 9.23. The summed E-state index contributed by atoms with van der Waals surface area (Å²) in [5.74, 6) is -1.23. The molecule has 0 radical (unpaired) electrons. The van der Waals surface area contributed by atoms with E-state index in [-0.39, 0.29) is 11.3 Å². The summed E-state index contributed by atoms with van der Waals surface area (Å²) in [6.45, 7) is 7.03. The predicted molar refractivity (Wildman–Crippen MR) is 147 cm³/mol. The minimum atomic E-state index is -5.19. The number of aromatic amines is 1. The minimum absolute atomic E-state index is 0.0533. The van der Waals surface area contributed by atoms with Crippen molar-refractivity contribution in [1.29, 1.82) is 0 Å². The number of rotatable bonds is 3. The highest BCUT2D eigenvalue weighted by Gasteiger charge is 2.58. The first kappa shape index (κ1) is 30.5. The van der Waals surface area contributed by atoms with Crippen LogP contribution in [0.15, 0.2) is 42.5 Å². The summed E-state index contributed by atoms with van der Waals surface area (Å²) in [7, 11) is 0. The molecule has 0 bridgehead atoms. The van der Waals surface area contributed by atoms with Gasteiger partial charge >= 0.3 is 6.18 Å². The van der Waals surface area contributed by atoms with Crippen molar-refractivity contribution < 1.29 is 43.5 Å². The van der Waals surface area contributed by atoms with Gasteiger partial charge in [0.05, 0.1) is 19.6 Å². The Balaban J connectivity index is 0.000000451. The van der Waals surface area contributed by atoms with Crippen LogP contribution in [0, 0.1) is 18.8 Å². The summed E-state index contributed by atoms with van der Waals surface area (Å²) in [4.78, 5) is 29.3. The number of nitrogens with two attached hydrogens (primary N) is 2. The fraction of sp³-hybridized carbons (Fsp3) is 0.594. The number of carbonyl (C=O) groups excluding carboxylic acids is 2. The lowest BCUT2D eigenvalue weighted by Crippen LogP contribution is -2.91. The van der Waals surface area contributed by atoms with Crippen LogP contribution in [0.4, 0.5) is 13.2 Å². The number of hydrogen-bond acceptors (Lipinski definition) is 3. The molecule has 42 heavy (non-hydrogen) atoms. The number of halogens is 3. The number of aryl methyl sites for hydroxylation is 1. The fourth-order valence-electron chi connectivity index (χ4n) is 8.07. The Morgan fingerprint density at radius 3 is 2.38 bits per heavy atom. The van der Waals surface area contributed by atoms with Gasteiger partial charge in [-0.25, -0.2) is 4.98 Å². The van der Waals surface area contributed by atoms with E-state index in [9.17, 15) is 18.0 Å². The van der Waals surface area contributed by atoms with Crippen LogP contribution < -0.4 is 20.7 Å². The number of aromatic nitrogens is 1. The molecule has 4 heterocycles. The number of aliphatic carboxylic acids is 1. The van der Waals surface area contributed by atoms with Gasteiger partial charge in [-0.3, -0.25) is 4.79 Å². The summed E-state index contributed by atoms with van der Waals surface area (Å²) in [6, 6.07) is 16.0. The molecule has 1 aromatic carbocycles. The first-order chi connectivity index (χ1) is 20.1. The van der Waals surface area contributed by atoms with Crippen molar-refractivity contribution in [2.75, 3.05) is 26.2 Å². The lowest BCUT2D eigenvalue weighted by Gasteiger charge is -2.46. The molecule has 2 saturated heterocycles. The van der Waals surface area contributed by atoms with E-state index in [2.05, 4.69) is 69.9 Å². The van der Waals surface area contributed by atoms with Gasteiger partial charge in [0.2, 0.25) is 11.6 Å². The summed E-state index contributed by atoms with van der Waals surface area (Å²) >= 11 is 0. The van der Waals surface area contributed by atoms with Crippen LogP contribution in [0.2, 0.25) is 0 Å². The van der Waals surface area contributed by atoms with E-state index >= 15 is 0 Å². The first-order valence-electron chi connectivity index (χ1n) is 15.4. The molecule has 3 fully saturated rings. The van der Waals surface area contributed by atoms with Crippen molar-refractivity contribution in [3.05, 3.63) is 65.0 Å². The molecule has 228 valence electrons. The minimum Gasteiger partial charge on any atom is -0.542 e. The highest BCUT2D eigenvalue weighted by Crippen LogP contribution is 2.42. The van der Waals surface area contributed by atoms with Gasteiger partial charge in [-0.2, -0.15) is 13.2 Å². The highest BCUT2D eigenvalue weighted by molar-refractivity contribution is 5.82. The molecule has 2 aromatic rings. The summed E-state index contributed by atoms with van der Waals surface area (Å²) in [5, 5.41) is 13.6. The smallest absolute Gasteiger partial charge is 0.430 e. The van der Waals surface area contributed by atoms with Crippen LogP contribution in [0.5, 0.6) is 0 Å². The number of nitrogens with one attached hydrogen (secondary N) is 1. The van der Waals surface area contributed by atoms with Crippen LogP contribution in [0.3, 0.4) is 0 Å². The van der Waals surface area contributed by atoms with E-state index in [1.54, 1.807) is 0 Å². The van der Waals surface area contributed by atoms with E-state index in [4.69, 9.17) is 9.90 Å². The first-order valence-corrected chi connectivity index (χ1v) is 15.4. The van der Waals surface area contributed by atoms with Crippen molar-refractivity contribution in [2.45, 2.75) is 82.0 Å². The number of alkyl halides is 3. The second-order valence-electron chi connectivity index (χ2n) is 12.6. The number of fused-ring (bicyclic) bond motifs is 2. The molecule has 1 saturated carbocycles. The molecule has 7 nitrogen and oxygen atoms in total. The average Bonchev–Trinajstić information content (AvgIpc) is 3.41. The molecular weight excluding hydrogens is 545 g/mol. The molecule has 6 rings (SSSR count). The van der Waals surface area contributed by atoms with Gasteiger partial charge in [0.15, 0.2) is 12.2 Å². The molecule has 4 aliphatic rings. The summed E-state index contributed by atoms with van der Waals surface area (Å²) in [6.07, 6.45) is 3.65. The van der Waals surface area contributed by atoms with Crippen molar-refractivity contribution in [3.8, 4) is 0 Å². The van der Waals surface area contributed by atoms with Gasteiger partial charge in [0.25, 0.3) is 0 Å². The number of benzene rings is 1. The number of carboxylic acids is 1. The van der Waals surface area contributed by atoms with Crippen molar-refractivity contribution in [2.24, 2.45) is 11.8 Å². The van der Waals surface area contributed by atoms with Gasteiger partial charge in [0.1, 0.15) is 17.3 Å². The predicted octanol–water partition coefficient (Wildman–Crippen LogP) is 0.971. The van der Waals surface area contributed by atoms with Crippen molar-refractivity contribution in [1.82, 2.24) is 4.90 Å². The zero-order chi connectivity index (χ0) is 29.9. The monoisotopic (exact) mass is 588 g/mol. The second-order valence-corrected chi connectivity index (χ2v) is 12.6. The number of quaternary nitrogens is 2. The standard InChI is InChI=1S/C30H40N4O.C2HF3O2/c1-21-12-13-25-27(33-21)18-32-20-30(25)19-31-17-26(30)29(35)34-15-14-24(22-8-4-2-5-9-22)16-28(34)23-10-6-3-7-11-23;3-2(4,5)1(6)7/h2,4-5,8-9,12-13,23-24,26,28,31-32H,3,6-7,10-11,14-20H2,1H3;(H,6,7)/p+2/t24-,26?,28+,30-;/m1./s1. The zero-order valence-corrected chi connectivity index (χ0v) is 24.3. The number of nitrogens with zero attached hydrogens (tertiary/aromatic N) is 1. The van der Waals surface area contributed by atoms with Crippen molar-refractivity contribution in [3.63, 3.8) is 0 Å². The normalized spacial score (nSPS) is 28.1. The number of piperidine rings is 1. The number of hydrogen-bond donors (Lipinski definition) is 2. The maximum atomic E-state index is 14.5. The Labute approximate surface area is 245 Å². The molecule has 1 spiro atoms. The van der Waals surface area contributed by atoms with Gasteiger partial charge in [-0.05, 0) is 49.1 Å². The SMILES string of the molecule is Cc1ccc2c([nH+]1)C[NH2+]C[C@]21C[NH2+]CC1C(=O)N1CC[C@@H](c2ccccc2)C[C@H]1C1CCCCC1.O=C([O-])C(F)(F)F. The van der Waals surface area contributed by atoms with Crippen molar-refractivity contribution >= 4 is 11.9 Å². The molecular formula is C32H43F3N4O3+2. The second kappa shape index (κ2) is 12.7. The number of H-pyrrole nitrogens is 1. The molecule has 1 aromatic heterocycles. The van der Waals surface area contributed by atoms with E-state index in [0.717, 1.165) is 45.6 Å². The molecule has 3 aliphatic heterocycles. The molecule has 1 amide bonds. The Hall–Kier alpha value is -2.98. The third kappa shape index (κ3) is 6.34. The molecule has 4 atom stereocenters. The lowest BCUT2D eigenvalue weighted by atomic mass is 9.68. The van der Waals surface area contributed by atoms with E-state index in [0.29, 0.717) is 23.8 Å². The Bertz CT molecular complexity index is 1250. The Morgan fingerprint density at radius 1 is 1.00 bits per heavy atom. The summed E-state index contributed by atoms with van der Waals surface area (Å²) < 4.78 is 31.5. The zero-order valence-electron chi connectivity index (χ0n) is 24.3. The van der Waals surface area contributed by atoms with Crippen LogP contribution in [-0.4, -0.2) is 55.2 Å². The third-order valence-corrected chi connectivity index (χ3v) is 10.1. The molecule has 1 unspecified atom stereocenters. The summed E-state index contributed by atoms with van der Waals surface area (Å²) in [5.41, 5.74) is 5.36. The number of pyridine rings is 1. The lowest BCUT2D eigenvalue weighted by molar-refractivity contribution is -0.701. The van der Waals surface area contributed by atoms with Gasteiger partial charge in [-0.1, -0.05) is 49.6 Å². The number of carboxylic acid groups (broad SMARTS) is 1. The Morgan fingerprint density at radius 2 is 1.69 bits per heavy atom. The van der Waals surface area contributed by atoms with E-state index in [1.165, 1.54) is 54.6 Å². The van der Waals surface area contributed by atoms with Crippen LogP contribution in [0.1, 0.15) is 73.4 Å². The van der Waals surface area contributed by atoms with Crippen LogP contribution in [0.25, 0.3) is 0 Å². The van der Waals surface area contributed by atoms with Crippen LogP contribution in [-0.2, 0) is 21.5 Å². The van der Waals surface area contributed by atoms with Gasteiger partial charge < -0.3 is 25.4 Å². The average molecular weight is 589 g/mol. The molecule has 5 N–H and O–H groups in total. The fourth-order valence-corrected chi connectivity index (χ4v) is 8.07. The van der Waals surface area contributed by atoms with E-state index in [1.807, 2.05) is 0 Å². The maximum Gasteiger partial charge on any atom is 0.430 e. The third-order valence-electron chi connectivity index (χ3n) is 10.1. The number of carbonyl (C=O) groups is 2. The number of likely N-dealkylation sites (tertiary alicyclic amines) is 1. The van der Waals surface area contributed by atoms with Crippen LogP contribution >= 0.6 is 0 Å². The molecule has 10 heteroatoms. The quantitative estimate of drug-likeness (QED) is 0.558. The van der Waals surface area contributed by atoms with Gasteiger partial charge in [0, 0.05) is 31.1 Å². The molecule has 1 aliphatic carbocycles. The largest absolute Gasteiger partial charge is 0.542 e. The van der Waals surface area contributed by atoms with Gasteiger partial charge in [-0.15, -0.1) is 0 Å².